The van der Waals surface area contributed by atoms with Crippen LogP contribution in [0.3, 0.4) is 0 Å². The van der Waals surface area contributed by atoms with Gasteiger partial charge in [-0.15, -0.1) is 0 Å². The van der Waals surface area contributed by atoms with Gasteiger partial charge in [-0.25, -0.2) is 8.42 Å². The number of carbonyl (C=O) groups is 1. The molecule has 3 aromatic rings. The maximum atomic E-state index is 13.1. The molecular formula is C26H27ClN2O3S. The van der Waals surface area contributed by atoms with Crippen LogP contribution in [0.15, 0.2) is 59.5 Å². The van der Waals surface area contributed by atoms with Crippen molar-refractivity contribution in [3.05, 3.63) is 93.0 Å². The third kappa shape index (κ3) is 5.07. The second kappa shape index (κ2) is 9.20. The fourth-order valence-corrected chi connectivity index (χ4v) is 5.86. The number of carbonyl (C=O) groups excluding carboxylic acids is 1. The number of hydrogen-bond donors (Lipinski definition) is 2. The van der Waals surface area contributed by atoms with Gasteiger partial charge in [0.15, 0.2) is 0 Å². The van der Waals surface area contributed by atoms with Crippen LogP contribution in [-0.4, -0.2) is 14.3 Å². The third-order valence-electron chi connectivity index (χ3n) is 6.08. The van der Waals surface area contributed by atoms with Crippen molar-refractivity contribution in [1.82, 2.24) is 5.32 Å². The van der Waals surface area contributed by atoms with Crippen LogP contribution in [0.25, 0.3) is 0 Å². The number of rotatable bonds is 6. The van der Waals surface area contributed by atoms with E-state index in [0.717, 1.165) is 36.0 Å². The van der Waals surface area contributed by atoms with Crippen LogP contribution >= 0.6 is 11.6 Å². The molecule has 1 atom stereocenters. The van der Waals surface area contributed by atoms with Crippen molar-refractivity contribution < 1.29 is 13.2 Å². The molecule has 3 aromatic carbocycles. The van der Waals surface area contributed by atoms with E-state index in [1.165, 1.54) is 29.3 Å². The summed E-state index contributed by atoms with van der Waals surface area (Å²) in [7, 11) is -3.98. The number of nitrogens with one attached hydrogen (secondary N) is 2. The molecule has 5 nitrogen and oxygen atoms in total. The molecule has 33 heavy (non-hydrogen) atoms. The van der Waals surface area contributed by atoms with E-state index in [9.17, 15) is 13.2 Å². The highest BCUT2D eigenvalue weighted by atomic mass is 35.5. The first kappa shape index (κ1) is 23.3. The highest BCUT2D eigenvalue weighted by Crippen LogP contribution is 2.28. The summed E-state index contributed by atoms with van der Waals surface area (Å²) < 4.78 is 28.7. The molecule has 0 aliphatic heterocycles. The second-order valence-electron chi connectivity index (χ2n) is 8.65. The zero-order valence-electron chi connectivity index (χ0n) is 18.9. The Morgan fingerprint density at radius 2 is 1.73 bits per heavy atom. The molecule has 0 bridgehead atoms. The third-order valence-corrected chi connectivity index (χ3v) is 7.93. The lowest BCUT2D eigenvalue weighted by Crippen LogP contribution is -2.27. The minimum atomic E-state index is -3.98. The van der Waals surface area contributed by atoms with Crippen LogP contribution in [0.4, 0.5) is 5.69 Å². The lowest BCUT2D eigenvalue weighted by molar-refractivity contribution is 0.0939. The van der Waals surface area contributed by atoms with Gasteiger partial charge in [-0.3, -0.25) is 9.52 Å². The Morgan fingerprint density at radius 3 is 2.48 bits per heavy atom. The Labute approximate surface area is 200 Å². The van der Waals surface area contributed by atoms with Crippen LogP contribution in [0.1, 0.15) is 57.6 Å². The number of hydrogen-bond acceptors (Lipinski definition) is 3. The molecule has 7 heteroatoms. The average Bonchev–Trinajstić information content (AvgIpc) is 3.23. The van der Waals surface area contributed by atoms with Gasteiger partial charge in [0.2, 0.25) is 0 Å². The van der Waals surface area contributed by atoms with Crippen molar-refractivity contribution >= 4 is 33.2 Å². The molecule has 1 amide bonds. The predicted octanol–water partition coefficient (Wildman–Crippen LogP) is 5.74. The van der Waals surface area contributed by atoms with E-state index < -0.39 is 10.0 Å². The largest absolute Gasteiger partial charge is 0.346 e. The topological polar surface area (TPSA) is 75.3 Å². The maximum Gasteiger partial charge on any atom is 0.263 e. The summed E-state index contributed by atoms with van der Waals surface area (Å²) in [6.45, 7) is 5.69. The molecule has 1 aliphatic carbocycles. The molecule has 0 spiro atoms. The van der Waals surface area contributed by atoms with Crippen LogP contribution in [0, 0.1) is 13.8 Å². The van der Waals surface area contributed by atoms with E-state index in [1.54, 1.807) is 6.07 Å². The first-order valence-electron chi connectivity index (χ1n) is 11.0. The van der Waals surface area contributed by atoms with E-state index in [4.69, 9.17) is 11.6 Å². The van der Waals surface area contributed by atoms with E-state index in [1.807, 2.05) is 39.0 Å². The van der Waals surface area contributed by atoms with Crippen LogP contribution in [0.5, 0.6) is 0 Å². The number of halogens is 1. The van der Waals surface area contributed by atoms with Gasteiger partial charge in [-0.2, -0.15) is 0 Å². The van der Waals surface area contributed by atoms with Crippen molar-refractivity contribution in [3.8, 4) is 0 Å². The molecule has 0 saturated carbocycles. The van der Waals surface area contributed by atoms with E-state index in [2.05, 4.69) is 22.2 Å². The van der Waals surface area contributed by atoms with Gasteiger partial charge in [0.25, 0.3) is 15.9 Å². The quantitative estimate of drug-likeness (QED) is 0.470. The Hall–Kier alpha value is -2.83. The number of anilines is 1. The van der Waals surface area contributed by atoms with Crippen LogP contribution in [0.2, 0.25) is 5.02 Å². The molecule has 1 aliphatic rings. The number of sulfonamides is 1. The molecule has 0 fully saturated rings. The molecule has 0 unspecified atom stereocenters. The molecule has 0 heterocycles. The van der Waals surface area contributed by atoms with Gasteiger partial charge in [-0.05, 0) is 86.6 Å². The smallest absolute Gasteiger partial charge is 0.263 e. The summed E-state index contributed by atoms with van der Waals surface area (Å²) >= 11 is 6.22. The van der Waals surface area contributed by atoms with Crippen molar-refractivity contribution in [2.24, 2.45) is 0 Å². The van der Waals surface area contributed by atoms with E-state index in [0.29, 0.717) is 5.69 Å². The average molecular weight is 483 g/mol. The highest BCUT2D eigenvalue weighted by Gasteiger charge is 2.22. The summed E-state index contributed by atoms with van der Waals surface area (Å²) in [4.78, 5) is 12.8. The molecule has 4 rings (SSSR count). The Balaban J connectivity index is 1.55. The lowest BCUT2D eigenvalue weighted by Gasteiger charge is -2.17. The maximum absolute atomic E-state index is 13.1. The van der Waals surface area contributed by atoms with Gasteiger partial charge in [-0.1, -0.05) is 47.5 Å². The van der Waals surface area contributed by atoms with Crippen molar-refractivity contribution in [2.45, 2.75) is 51.0 Å². The molecule has 172 valence electrons. The second-order valence-corrected chi connectivity index (χ2v) is 10.7. The van der Waals surface area contributed by atoms with E-state index in [-0.39, 0.29) is 27.4 Å². The summed E-state index contributed by atoms with van der Waals surface area (Å²) in [6.07, 6.45) is 3.34. The Bertz CT molecular complexity index is 1340. The first-order valence-corrected chi connectivity index (χ1v) is 12.8. The minimum absolute atomic E-state index is 0.0514. The number of benzene rings is 3. The van der Waals surface area contributed by atoms with Gasteiger partial charge >= 0.3 is 0 Å². The molecule has 0 aromatic heterocycles. The van der Waals surface area contributed by atoms with Crippen LogP contribution < -0.4 is 10.0 Å². The standard InChI is InChI=1S/C26H27ClN2O3S/c1-16-7-12-24(17(2)13-16)29-33(31,32)25-15-22(10-11-23(25)27)26(30)28-18(3)20-9-8-19-5-4-6-21(19)14-20/h7-15,18,29H,4-6H2,1-3H3,(H,28,30)/t18-/m0/s1. The Kier molecular flexibility index (Phi) is 6.50. The number of amides is 1. The fraction of sp³-hybridized carbons (Fsp3) is 0.269. The van der Waals surface area contributed by atoms with Gasteiger partial charge in [0, 0.05) is 5.56 Å². The van der Waals surface area contributed by atoms with Crippen molar-refractivity contribution in [3.63, 3.8) is 0 Å². The summed E-state index contributed by atoms with van der Waals surface area (Å²) in [5, 5.41) is 3.02. The molecule has 0 radical (unpaired) electrons. The predicted molar refractivity (Wildman–Crippen MR) is 133 cm³/mol. The van der Waals surface area contributed by atoms with Gasteiger partial charge in [0.05, 0.1) is 16.8 Å². The van der Waals surface area contributed by atoms with Gasteiger partial charge < -0.3 is 5.32 Å². The summed E-state index contributed by atoms with van der Waals surface area (Å²) in [5.74, 6) is -0.359. The normalized spacial score (nSPS) is 13.9. The molecule has 0 saturated heterocycles. The zero-order chi connectivity index (χ0) is 23.8. The number of fused-ring (bicyclic) bond motifs is 1. The van der Waals surface area contributed by atoms with Crippen LogP contribution in [-0.2, 0) is 22.9 Å². The monoisotopic (exact) mass is 482 g/mol. The van der Waals surface area contributed by atoms with E-state index >= 15 is 0 Å². The van der Waals surface area contributed by atoms with Gasteiger partial charge in [0.1, 0.15) is 4.90 Å². The lowest BCUT2D eigenvalue weighted by atomic mass is 10.0. The van der Waals surface area contributed by atoms with Crippen molar-refractivity contribution in [1.29, 1.82) is 0 Å². The zero-order valence-corrected chi connectivity index (χ0v) is 20.5. The SMILES string of the molecule is Cc1ccc(NS(=O)(=O)c2cc(C(=O)N[C@@H](C)c3ccc4c(c3)CCC4)ccc2Cl)c(C)c1. The number of aryl methyl sites for hydroxylation is 4. The summed E-state index contributed by atoms with van der Waals surface area (Å²) in [6, 6.07) is 15.8. The van der Waals surface area contributed by atoms with Crippen molar-refractivity contribution in [2.75, 3.05) is 4.72 Å². The molecule has 2 N–H and O–H groups in total. The fourth-order valence-electron chi connectivity index (χ4n) is 4.20. The molecular weight excluding hydrogens is 456 g/mol. The minimum Gasteiger partial charge on any atom is -0.346 e. The highest BCUT2D eigenvalue weighted by molar-refractivity contribution is 7.92. The summed E-state index contributed by atoms with van der Waals surface area (Å²) in [5.41, 5.74) is 6.27. The first-order chi connectivity index (χ1) is 15.6. The Morgan fingerprint density at radius 1 is 0.970 bits per heavy atom.